The Kier molecular flexibility index (Phi) is 8.10. The van der Waals surface area contributed by atoms with E-state index in [1.165, 1.54) is 0 Å². The normalized spacial score (nSPS) is 13.2. The summed E-state index contributed by atoms with van der Waals surface area (Å²) in [5.74, 6) is -0.544. The SMILES string of the molecule is CCN(CCC(=O)NCc1ccncc1)C(=O)c1cc2n(n1)CCCN(Cc1cccc(C)c1)C2=O. The van der Waals surface area contributed by atoms with E-state index in [4.69, 9.17) is 0 Å². The summed E-state index contributed by atoms with van der Waals surface area (Å²) in [6, 6.07) is 13.4. The van der Waals surface area contributed by atoms with Crippen LogP contribution < -0.4 is 5.32 Å². The lowest BCUT2D eigenvalue weighted by Crippen LogP contribution is -2.35. The molecule has 0 fully saturated rings. The molecular weight excluding hydrogens is 456 g/mol. The average molecular weight is 489 g/mol. The number of nitrogens with zero attached hydrogens (tertiary/aromatic N) is 5. The van der Waals surface area contributed by atoms with Gasteiger partial charge in [0.05, 0.1) is 0 Å². The number of aromatic nitrogens is 3. The molecule has 0 spiro atoms. The smallest absolute Gasteiger partial charge is 0.274 e. The molecule has 2 aromatic heterocycles. The lowest BCUT2D eigenvalue weighted by Gasteiger charge is -2.20. The summed E-state index contributed by atoms with van der Waals surface area (Å²) in [5, 5.41) is 7.32. The van der Waals surface area contributed by atoms with Crippen LogP contribution in [0.4, 0.5) is 0 Å². The Hall–Kier alpha value is -4.01. The number of hydrogen-bond donors (Lipinski definition) is 1. The Labute approximate surface area is 211 Å². The molecule has 188 valence electrons. The van der Waals surface area contributed by atoms with E-state index in [1.807, 2.05) is 49.1 Å². The van der Waals surface area contributed by atoms with Gasteiger partial charge in [0, 0.05) is 64.1 Å². The van der Waals surface area contributed by atoms with Gasteiger partial charge in [-0.15, -0.1) is 0 Å². The highest BCUT2D eigenvalue weighted by atomic mass is 16.2. The topological polar surface area (TPSA) is 100 Å². The largest absolute Gasteiger partial charge is 0.352 e. The molecule has 0 atom stereocenters. The van der Waals surface area contributed by atoms with E-state index in [2.05, 4.69) is 21.5 Å². The molecule has 9 heteroatoms. The van der Waals surface area contributed by atoms with Crippen LogP contribution in [0.3, 0.4) is 0 Å². The zero-order valence-corrected chi connectivity index (χ0v) is 20.8. The second-order valence-electron chi connectivity index (χ2n) is 8.97. The zero-order chi connectivity index (χ0) is 25.5. The molecular formula is C27H32N6O3. The van der Waals surface area contributed by atoms with Gasteiger partial charge in [-0.25, -0.2) is 0 Å². The highest BCUT2D eigenvalue weighted by molar-refractivity contribution is 5.98. The first-order valence-electron chi connectivity index (χ1n) is 12.3. The highest BCUT2D eigenvalue weighted by Gasteiger charge is 2.28. The molecule has 3 heterocycles. The van der Waals surface area contributed by atoms with Gasteiger partial charge in [-0.1, -0.05) is 29.8 Å². The summed E-state index contributed by atoms with van der Waals surface area (Å²) in [4.78, 5) is 46.1. The fourth-order valence-corrected chi connectivity index (χ4v) is 4.31. The molecule has 0 saturated heterocycles. The van der Waals surface area contributed by atoms with Gasteiger partial charge in [-0.2, -0.15) is 5.10 Å². The lowest BCUT2D eigenvalue weighted by atomic mass is 10.1. The van der Waals surface area contributed by atoms with Crippen molar-refractivity contribution < 1.29 is 14.4 Å². The molecule has 1 aromatic carbocycles. The maximum atomic E-state index is 13.3. The third kappa shape index (κ3) is 6.16. The van der Waals surface area contributed by atoms with Crippen molar-refractivity contribution in [1.29, 1.82) is 0 Å². The summed E-state index contributed by atoms with van der Waals surface area (Å²) in [6.45, 7) is 6.74. The Bertz CT molecular complexity index is 1220. The zero-order valence-electron chi connectivity index (χ0n) is 20.8. The van der Waals surface area contributed by atoms with Crippen molar-refractivity contribution in [2.75, 3.05) is 19.6 Å². The van der Waals surface area contributed by atoms with Crippen LogP contribution in [0.2, 0.25) is 0 Å². The third-order valence-corrected chi connectivity index (χ3v) is 6.28. The van der Waals surface area contributed by atoms with Gasteiger partial charge in [0.1, 0.15) is 5.69 Å². The predicted octanol–water partition coefficient (Wildman–Crippen LogP) is 2.80. The van der Waals surface area contributed by atoms with Crippen molar-refractivity contribution in [2.24, 2.45) is 0 Å². The Balaban J connectivity index is 1.38. The molecule has 0 radical (unpaired) electrons. The molecule has 4 rings (SSSR count). The number of pyridine rings is 1. The first-order valence-corrected chi connectivity index (χ1v) is 12.3. The molecule has 0 saturated carbocycles. The molecule has 1 aliphatic rings. The molecule has 0 aliphatic carbocycles. The summed E-state index contributed by atoms with van der Waals surface area (Å²) in [5.41, 5.74) is 3.84. The van der Waals surface area contributed by atoms with E-state index in [1.54, 1.807) is 28.0 Å². The monoisotopic (exact) mass is 488 g/mol. The fraction of sp³-hybridized carbons (Fsp3) is 0.370. The van der Waals surface area contributed by atoms with E-state index >= 15 is 0 Å². The van der Waals surface area contributed by atoms with Crippen molar-refractivity contribution in [3.8, 4) is 0 Å². The van der Waals surface area contributed by atoms with Crippen molar-refractivity contribution in [3.05, 3.63) is 82.9 Å². The number of amides is 3. The van der Waals surface area contributed by atoms with Crippen molar-refractivity contribution >= 4 is 17.7 Å². The molecule has 3 amide bonds. The minimum absolute atomic E-state index is 0.126. The molecule has 3 aromatic rings. The van der Waals surface area contributed by atoms with Crippen molar-refractivity contribution in [3.63, 3.8) is 0 Å². The standard InChI is InChI=1S/C27H32N6O3/c1-3-31(15-10-25(34)29-18-21-8-11-28-12-9-21)26(35)23-17-24-27(36)32(13-5-14-33(24)30-23)19-22-7-4-6-20(2)16-22/h4,6-9,11-12,16-17H,3,5,10,13-15,18-19H2,1-2H3,(H,29,34). The first kappa shape index (κ1) is 25.1. The number of rotatable bonds is 9. The number of nitrogens with one attached hydrogen (secondary N) is 1. The number of aryl methyl sites for hydroxylation is 2. The maximum Gasteiger partial charge on any atom is 0.274 e. The van der Waals surface area contributed by atoms with Gasteiger partial charge in [0.15, 0.2) is 5.69 Å². The lowest BCUT2D eigenvalue weighted by molar-refractivity contribution is -0.121. The molecule has 0 unspecified atom stereocenters. The van der Waals surface area contributed by atoms with Gasteiger partial charge >= 0.3 is 0 Å². The number of benzene rings is 1. The molecule has 1 N–H and O–H groups in total. The van der Waals surface area contributed by atoms with Crippen molar-refractivity contribution in [2.45, 2.75) is 46.3 Å². The number of carbonyl (C=O) groups is 3. The third-order valence-electron chi connectivity index (χ3n) is 6.28. The van der Waals surface area contributed by atoms with E-state index < -0.39 is 0 Å². The maximum absolute atomic E-state index is 13.3. The predicted molar refractivity (Wildman–Crippen MR) is 135 cm³/mol. The summed E-state index contributed by atoms with van der Waals surface area (Å²) < 4.78 is 1.64. The summed E-state index contributed by atoms with van der Waals surface area (Å²) >= 11 is 0. The van der Waals surface area contributed by atoms with Crippen LogP contribution in [0.15, 0.2) is 54.9 Å². The van der Waals surface area contributed by atoms with Gasteiger partial charge in [-0.05, 0) is 43.5 Å². The van der Waals surface area contributed by atoms with Crippen LogP contribution in [0.25, 0.3) is 0 Å². The second-order valence-corrected chi connectivity index (χ2v) is 8.97. The van der Waals surface area contributed by atoms with Crippen LogP contribution in [0.5, 0.6) is 0 Å². The minimum atomic E-state index is -0.280. The average Bonchev–Trinajstić information content (AvgIpc) is 3.25. The Morgan fingerprint density at radius 3 is 2.64 bits per heavy atom. The van der Waals surface area contributed by atoms with Crippen LogP contribution >= 0.6 is 0 Å². The van der Waals surface area contributed by atoms with E-state index in [0.29, 0.717) is 38.4 Å². The van der Waals surface area contributed by atoms with Gasteiger partial charge < -0.3 is 15.1 Å². The van der Waals surface area contributed by atoms with Crippen LogP contribution in [0, 0.1) is 6.92 Å². The quantitative estimate of drug-likeness (QED) is 0.499. The molecule has 9 nitrogen and oxygen atoms in total. The van der Waals surface area contributed by atoms with E-state index in [0.717, 1.165) is 23.1 Å². The van der Waals surface area contributed by atoms with Gasteiger partial charge in [-0.3, -0.25) is 24.0 Å². The number of carbonyl (C=O) groups excluding carboxylic acids is 3. The van der Waals surface area contributed by atoms with Crippen LogP contribution in [0.1, 0.15) is 57.4 Å². The van der Waals surface area contributed by atoms with E-state index in [-0.39, 0.29) is 36.4 Å². The summed E-state index contributed by atoms with van der Waals surface area (Å²) in [6.07, 6.45) is 4.30. The minimum Gasteiger partial charge on any atom is -0.352 e. The van der Waals surface area contributed by atoms with E-state index in [9.17, 15) is 14.4 Å². The second kappa shape index (κ2) is 11.6. The van der Waals surface area contributed by atoms with Gasteiger partial charge in [0.25, 0.3) is 11.8 Å². The molecule has 0 bridgehead atoms. The number of hydrogen-bond acceptors (Lipinski definition) is 5. The Morgan fingerprint density at radius 2 is 1.89 bits per heavy atom. The number of fused-ring (bicyclic) bond motifs is 1. The van der Waals surface area contributed by atoms with Crippen LogP contribution in [-0.4, -0.2) is 61.9 Å². The van der Waals surface area contributed by atoms with Gasteiger partial charge in [0.2, 0.25) is 5.91 Å². The first-order chi connectivity index (χ1) is 17.4. The molecule has 36 heavy (non-hydrogen) atoms. The van der Waals surface area contributed by atoms with Crippen molar-refractivity contribution in [1.82, 2.24) is 29.9 Å². The fourth-order valence-electron chi connectivity index (χ4n) is 4.31. The summed E-state index contributed by atoms with van der Waals surface area (Å²) in [7, 11) is 0. The highest BCUT2D eigenvalue weighted by Crippen LogP contribution is 2.18. The molecule has 1 aliphatic heterocycles. The Morgan fingerprint density at radius 1 is 1.08 bits per heavy atom. The van der Waals surface area contributed by atoms with Crippen LogP contribution in [-0.2, 0) is 24.4 Å².